The number of carbonyl (C=O) groups excluding carboxylic acids is 1. The van der Waals surface area contributed by atoms with Crippen molar-refractivity contribution >= 4 is 5.91 Å². The smallest absolute Gasteiger partial charge is 0.241 e. The number of likely N-dealkylation sites (N-methyl/N-ethyl adjacent to an activating group) is 1. The quantitative estimate of drug-likeness (QED) is 0.670. The molecule has 2 heterocycles. The van der Waals surface area contributed by atoms with E-state index in [0.717, 1.165) is 42.6 Å². The fourth-order valence-corrected chi connectivity index (χ4v) is 4.38. The number of hydrogen-bond acceptors (Lipinski definition) is 3. The normalized spacial score (nSPS) is 17.2. The first kappa shape index (κ1) is 20.2. The zero-order chi connectivity index (χ0) is 20.9. The highest BCUT2D eigenvalue weighted by Gasteiger charge is 2.36. The number of pyridine rings is 1. The lowest BCUT2D eigenvalue weighted by Gasteiger charge is -2.41. The van der Waals surface area contributed by atoms with Gasteiger partial charge in [-0.05, 0) is 47.7 Å². The summed E-state index contributed by atoms with van der Waals surface area (Å²) in [5.41, 5.74) is 4.34. The third kappa shape index (κ3) is 4.26. The molecular weight excluding hydrogens is 377 g/mol. The van der Waals surface area contributed by atoms with Gasteiger partial charge in [-0.3, -0.25) is 14.7 Å². The summed E-state index contributed by atoms with van der Waals surface area (Å²) in [5, 5.41) is 2.85. The number of halogens is 1. The second-order valence-electron chi connectivity index (χ2n) is 7.64. The summed E-state index contributed by atoms with van der Waals surface area (Å²) in [6.45, 7) is 0.755. The van der Waals surface area contributed by atoms with Crippen molar-refractivity contribution in [2.24, 2.45) is 0 Å². The SMILES string of the molecule is CNC(=O)C(c1ccccc1)N1CCc2ncccc2C1CCc1ccc(F)cc1. The van der Waals surface area contributed by atoms with Crippen molar-refractivity contribution < 1.29 is 9.18 Å². The molecule has 2 atom stereocenters. The second kappa shape index (κ2) is 9.18. The Hall–Kier alpha value is -3.05. The molecule has 154 valence electrons. The number of rotatable bonds is 6. The van der Waals surface area contributed by atoms with Crippen LogP contribution in [-0.2, 0) is 17.6 Å². The predicted octanol–water partition coefficient (Wildman–Crippen LogP) is 4.24. The summed E-state index contributed by atoms with van der Waals surface area (Å²) in [6, 6.07) is 20.4. The second-order valence-corrected chi connectivity index (χ2v) is 7.64. The van der Waals surface area contributed by atoms with E-state index in [0.29, 0.717) is 0 Å². The maximum Gasteiger partial charge on any atom is 0.241 e. The molecule has 2 aromatic carbocycles. The van der Waals surface area contributed by atoms with Gasteiger partial charge >= 0.3 is 0 Å². The van der Waals surface area contributed by atoms with Gasteiger partial charge in [-0.1, -0.05) is 48.5 Å². The fraction of sp³-hybridized carbons (Fsp3) is 0.280. The molecule has 0 bridgehead atoms. The Morgan fingerprint density at radius 3 is 2.63 bits per heavy atom. The molecule has 5 heteroatoms. The van der Waals surface area contributed by atoms with Crippen LogP contribution in [0.4, 0.5) is 4.39 Å². The molecule has 0 fully saturated rings. The zero-order valence-corrected chi connectivity index (χ0v) is 17.1. The van der Waals surface area contributed by atoms with Gasteiger partial charge in [0.2, 0.25) is 5.91 Å². The molecule has 2 unspecified atom stereocenters. The topological polar surface area (TPSA) is 45.2 Å². The van der Waals surface area contributed by atoms with E-state index in [2.05, 4.69) is 21.3 Å². The molecule has 0 radical (unpaired) electrons. The maximum atomic E-state index is 13.3. The minimum atomic E-state index is -0.372. The Morgan fingerprint density at radius 1 is 1.13 bits per heavy atom. The van der Waals surface area contributed by atoms with Crippen molar-refractivity contribution in [2.45, 2.75) is 31.3 Å². The van der Waals surface area contributed by atoms with Crippen LogP contribution in [0.2, 0.25) is 0 Å². The minimum absolute atomic E-state index is 0.0136. The molecule has 1 N–H and O–H groups in total. The molecule has 0 spiro atoms. The highest BCUT2D eigenvalue weighted by molar-refractivity contribution is 5.83. The van der Waals surface area contributed by atoms with Gasteiger partial charge in [-0.15, -0.1) is 0 Å². The summed E-state index contributed by atoms with van der Waals surface area (Å²) in [4.78, 5) is 19.9. The molecule has 0 aliphatic carbocycles. The summed E-state index contributed by atoms with van der Waals surface area (Å²) in [7, 11) is 1.69. The number of fused-ring (bicyclic) bond motifs is 1. The number of nitrogens with zero attached hydrogens (tertiary/aromatic N) is 2. The predicted molar refractivity (Wildman–Crippen MR) is 115 cm³/mol. The number of aromatic nitrogens is 1. The van der Waals surface area contributed by atoms with Crippen LogP contribution in [0, 0.1) is 5.82 Å². The van der Waals surface area contributed by atoms with Crippen LogP contribution in [0.15, 0.2) is 72.9 Å². The number of amides is 1. The lowest BCUT2D eigenvalue weighted by Crippen LogP contribution is -2.45. The maximum absolute atomic E-state index is 13.3. The van der Waals surface area contributed by atoms with Crippen molar-refractivity contribution in [3.8, 4) is 0 Å². The van der Waals surface area contributed by atoms with Crippen molar-refractivity contribution in [1.29, 1.82) is 0 Å². The zero-order valence-electron chi connectivity index (χ0n) is 17.1. The first-order chi connectivity index (χ1) is 14.7. The van der Waals surface area contributed by atoms with Crippen LogP contribution in [0.5, 0.6) is 0 Å². The standard InChI is InChI=1S/C25H26FN3O/c1-27-25(30)24(19-6-3-2-4-7-19)29-17-15-22-21(8-5-16-28-22)23(29)14-11-18-9-12-20(26)13-10-18/h2-10,12-13,16,23-24H,11,14-15,17H2,1H3,(H,27,30). The Balaban J connectivity index is 1.68. The van der Waals surface area contributed by atoms with Crippen molar-refractivity contribution in [1.82, 2.24) is 15.2 Å². The number of hydrogen-bond donors (Lipinski definition) is 1. The van der Waals surface area contributed by atoms with E-state index in [1.807, 2.05) is 54.7 Å². The Bertz CT molecular complexity index is 991. The number of benzene rings is 2. The van der Waals surface area contributed by atoms with Gasteiger partial charge < -0.3 is 5.32 Å². The highest BCUT2D eigenvalue weighted by atomic mass is 19.1. The van der Waals surface area contributed by atoms with Crippen LogP contribution in [0.3, 0.4) is 0 Å². The largest absolute Gasteiger partial charge is 0.358 e. The van der Waals surface area contributed by atoms with E-state index >= 15 is 0 Å². The van der Waals surface area contributed by atoms with E-state index in [1.54, 1.807) is 7.05 Å². The molecule has 1 aromatic heterocycles. The van der Waals surface area contributed by atoms with Crippen LogP contribution in [-0.4, -0.2) is 29.4 Å². The molecule has 0 saturated carbocycles. The van der Waals surface area contributed by atoms with Crippen molar-refractivity contribution in [2.75, 3.05) is 13.6 Å². The monoisotopic (exact) mass is 403 g/mol. The highest BCUT2D eigenvalue weighted by Crippen LogP contribution is 2.38. The minimum Gasteiger partial charge on any atom is -0.358 e. The van der Waals surface area contributed by atoms with Gasteiger partial charge in [0.05, 0.1) is 0 Å². The summed E-state index contributed by atoms with van der Waals surface area (Å²) in [5.74, 6) is -0.239. The van der Waals surface area contributed by atoms with Gasteiger partial charge in [0.25, 0.3) is 0 Å². The van der Waals surface area contributed by atoms with Crippen LogP contribution < -0.4 is 5.32 Å². The number of nitrogens with one attached hydrogen (secondary N) is 1. The van der Waals surface area contributed by atoms with Crippen molar-refractivity contribution in [3.05, 3.63) is 101 Å². The van der Waals surface area contributed by atoms with Crippen molar-refractivity contribution in [3.63, 3.8) is 0 Å². The first-order valence-corrected chi connectivity index (χ1v) is 10.4. The molecule has 1 amide bonds. The van der Waals surface area contributed by atoms with Gasteiger partial charge in [-0.2, -0.15) is 0 Å². The van der Waals surface area contributed by atoms with E-state index in [9.17, 15) is 9.18 Å². The average molecular weight is 404 g/mol. The van der Waals surface area contributed by atoms with Gasteiger partial charge in [-0.25, -0.2) is 4.39 Å². The average Bonchev–Trinajstić information content (AvgIpc) is 2.80. The molecule has 3 aromatic rings. The fourth-order valence-electron chi connectivity index (χ4n) is 4.38. The van der Waals surface area contributed by atoms with Crippen LogP contribution >= 0.6 is 0 Å². The molecular formula is C25H26FN3O. The molecule has 4 rings (SSSR count). The van der Waals surface area contributed by atoms with E-state index < -0.39 is 0 Å². The third-order valence-corrected chi connectivity index (χ3v) is 5.85. The number of carbonyl (C=O) groups is 1. The molecule has 0 saturated heterocycles. The van der Waals surface area contributed by atoms with Gasteiger partial charge in [0.15, 0.2) is 0 Å². The molecule has 30 heavy (non-hydrogen) atoms. The van der Waals surface area contributed by atoms with Crippen LogP contribution in [0.25, 0.3) is 0 Å². The summed E-state index contributed by atoms with van der Waals surface area (Å²) in [6.07, 6.45) is 4.26. The molecule has 4 nitrogen and oxygen atoms in total. The molecule has 1 aliphatic heterocycles. The Kier molecular flexibility index (Phi) is 6.19. The Morgan fingerprint density at radius 2 is 1.90 bits per heavy atom. The number of aryl methyl sites for hydroxylation is 1. The van der Waals surface area contributed by atoms with E-state index in [4.69, 9.17) is 0 Å². The van der Waals surface area contributed by atoms with E-state index in [1.165, 1.54) is 17.7 Å². The summed E-state index contributed by atoms with van der Waals surface area (Å²) < 4.78 is 13.3. The Labute approximate surface area is 176 Å². The first-order valence-electron chi connectivity index (χ1n) is 10.4. The molecule has 1 aliphatic rings. The van der Waals surface area contributed by atoms with Gasteiger partial charge in [0, 0.05) is 37.9 Å². The summed E-state index contributed by atoms with van der Waals surface area (Å²) >= 11 is 0. The lowest BCUT2D eigenvalue weighted by molar-refractivity contribution is -0.127. The third-order valence-electron chi connectivity index (χ3n) is 5.85. The van der Waals surface area contributed by atoms with Crippen LogP contribution in [0.1, 0.15) is 40.9 Å². The lowest BCUT2D eigenvalue weighted by atomic mass is 9.89. The van der Waals surface area contributed by atoms with E-state index in [-0.39, 0.29) is 23.8 Å². The van der Waals surface area contributed by atoms with Gasteiger partial charge in [0.1, 0.15) is 11.9 Å².